The van der Waals surface area contributed by atoms with Crippen molar-refractivity contribution in [1.29, 1.82) is 0 Å². The lowest BCUT2D eigenvalue weighted by molar-refractivity contribution is 0.284. The Morgan fingerprint density at radius 1 is 1.00 bits per heavy atom. The minimum atomic E-state index is 0.401. The summed E-state index contributed by atoms with van der Waals surface area (Å²) in [6, 6.07) is 11.9. The Kier molecular flexibility index (Phi) is 7.22. The van der Waals surface area contributed by atoms with Gasteiger partial charge in [-0.1, -0.05) is 42.3 Å². The molecule has 2 aromatic carbocycles. The van der Waals surface area contributed by atoms with E-state index in [1.807, 2.05) is 24.3 Å². The molecule has 0 aliphatic heterocycles. The zero-order valence-corrected chi connectivity index (χ0v) is 15.7. The van der Waals surface area contributed by atoms with Crippen molar-refractivity contribution in [2.24, 2.45) is 0 Å². The summed E-state index contributed by atoms with van der Waals surface area (Å²) in [6.45, 7) is 5.54. The van der Waals surface area contributed by atoms with Crippen LogP contribution in [0.3, 0.4) is 0 Å². The van der Waals surface area contributed by atoms with E-state index in [0.29, 0.717) is 28.4 Å². The first-order valence-corrected chi connectivity index (χ1v) is 8.76. The first-order valence-electron chi connectivity index (χ1n) is 8.00. The second-order valence-electron chi connectivity index (χ2n) is 5.71. The van der Waals surface area contributed by atoms with E-state index in [2.05, 4.69) is 19.2 Å². The standard InChI is InChI=1S/C19H23Cl2NO2/c1-4-13(2)22-11-14-6-8-18(19(10-14)23-3)24-12-15-5-7-16(20)17(21)9-15/h5-10,13,22H,4,11-12H2,1-3H3/t13-/m0/s1. The summed E-state index contributed by atoms with van der Waals surface area (Å²) in [5, 5.41) is 4.53. The van der Waals surface area contributed by atoms with Gasteiger partial charge in [-0.25, -0.2) is 0 Å². The molecule has 0 bridgehead atoms. The first kappa shape index (κ1) is 18.9. The third-order valence-electron chi connectivity index (χ3n) is 3.87. The second-order valence-corrected chi connectivity index (χ2v) is 6.53. The van der Waals surface area contributed by atoms with E-state index >= 15 is 0 Å². The Morgan fingerprint density at radius 3 is 2.42 bits per heavy atom. The molecular formula is C19H23Cl2NO2. The van der Waals surface area contributed by atoms with Crippen LogP contribution in [0.1, 0.15) is 31.4 Å². The van der Waals surface area contributed by atoms with E-state index in [1.165, 1.54) is 0 Å². The van der Waals surface area contributed by atoms with Crippen LogP contribution < -0.4 is 14.8 Å². The molecule has 130 valence electrons. The normalized spacial score (nSPS) is 12.0. The van der Waals surface area contributed by atoms with Crippen molar-refractivity contribution < 1.29 is 9.47 Å². The van der Waals surface area contributed by atoms with Crippen molar-refractivity contribution in [3.63, 3.8) is 0 Å². The maximum atomic E-state index is 6.03. The Bertz CT molecular complexity index is 676. The molecule has 1 atom stereocenters. The quantitative estimate of drug-likeness (QED) is 0.670. The smallest absolute Gasteiger partial charge is 0.161 e. The zero-order chi connectivity index (χ0) is 17.5. The number of hydrogen-bond donors (Lipinski definition) is 1. The Morgan fingerprint density at radius 2 is 1.75 bits per heavy atom. The van der Waals surface area contributed by atoms with Gasteiger partial charge in [-0.2, -0.15) is 0 Å². The van der Waals surface area contributed by atoms with Gasteiger partial charge in [-0.05, 0) is 48.7 Å². The lowest BCUT2D eigenvalue weighted by atomic mass is 10.1. The molecule has 0 amide bonds. The lowest BCUT2D eigenvalue weighted by Crippen LogP contribution is -2.24. The second kappa shape index (κ2) is 9.16. The van der Waals surface area contributed by atoms with Gasteiger partial charge in [0, 0.05) is 12.6 Å². The maximum absolute atomic E-state index is 6.03. The van der Waals surface area contributed by atoms with E-state index in [0.717, 1.165) is 29.8 Å². The molecule has 0 unspecified atom stereocenters. The highest BCUT2D eigenvalue weighted by Crippen LogP contribution is 2.29. The minimum Gasteiger partial charge on any atom is -0.493 e. The third kappa shape index (κ3) is 5.30. The van der Waals surface area contributed by atoms with E-state index in [4.69, 9.17) is 32.7 Å². The molecule has 1 N–H and O–H groups in total. The number of ether oxygens (including phenoxy) is 2. The number of methoxy groups -OCH3 is 1. The van der Waals surface area contributed by atoms with E-state index < -0.39 is 0 Å². The molecule has 0 heterocycles. The lowest BCUT2D eigenvalue weighted by Gasteiger charge is -2.14. The zero-order valence-electron chi connectivity index (χ0n) is 14.2. The van der Waals surface area contributed by atoms with Crippen LogP contribution in [0.4, 0.5) is 0 Å². The fourth-order valence-electron chi connectivity index (χ4n) is 2.17. The fourth-order valence-corrected chi connectivity index (χ4v) is 2.49. The predicted molar refractivity (Wildman–Crippen MR) is 100 cm³/mol. The van der Waals surface area contributed by atoms with Gasteiger partial charge >= 0.3 is 0 Å². The highest BCUT2D eigenvalue weighted by atomic mass is 35.5. The molecule has 2 aromatic rings. The molecule has 0 radical (unpaired) electrons. The van der Waals surface area contributed by atoms with E-state index in [-0.39, 0.29) is 0 Å². The number of nitrogens with one attached hydrogen (secondary N) is 1. The maximum Gasteiger partial charge on any atom is 0.161 e. The van der Waals surface area contributed by atoms with Crippen molar-refractivity contribution >= 4 is 23.2 Å². The summed E-state index contributed by atoms with van der Waals surface area (Å²) in [6.07, 6.45) is 1.10. The summed E-state index contributed by atoms with van der Waals surface area (Å²) in [4.78, 5) is 0. The molecule has 2 rings (SSSR count). The predicted octanol–water partition coefficient (Wildman–Crippen LogP) is 5.47. The number of halogens is 2. The first-order chi connectivity index (χ1) is 11.5. The summed E-state index contributed by atoms with van der Waals surface area (Å²) >= 11 is 12.0. The van der Waals surface area contributed by atoms with Gasteiger partial charge in [0.25, 0.3) is 0 Å². The van der Waals surface area contributed by atoms with Gasteiger partial charge in [-0.3, -0.25) is 0 Å². The molecule has 0 fully saturated rings. The monoisotopic (exact) mass is 367 g/mol. The fraction of sp³-hybridized carbons (Fsp3) is 0.368. The molecule has 0 spiro atoms. The third-order valence-corrected chi connectivity index (χ3v) is 4.61. The van der Waals surface area contributed by atoms with Crippen LogP contribution in [0.15, 0.2) is 36.4 Å². The van der Waals surface area contributed by atoms with Crippen LogP contribution in [0.2, 0.25) is 10.0 Å². The molecule has 5 heteroatoms. The average Bonchev–Trinajstić information content (AvgIpc) is 2.60. The van der Waals surface area contributed by atoms with Gasteiger partial charge in [0.05, 0.1) is 17.2 Å². The highest BCUT2D eigenvalue weighted by molar-refractivity contribution is 6.42. The average molecular weight is 368 g/mol. The van der Waals surface area contributed by atoms with Gasteiger partial charge < -0.3 is 14.8 Å². The van der Waals surface area contributed by atoms with Crippen molar-refractivity contribution in [3.05, 3.63) is 57.6 Å². The Hall–Kier alpha value is -1.42. The minimum absolute atomic E-state index is 0.401. The van der Waals surface area contributed by atoms with Crippen LogP contribution in [-0.4, -0.2) is 13.2 Å². The van der Waals surface area contributed by atoms with Gasteiger partial charge in [-0.15, -0.1) is 0 Å². The van der Waals surface area contributed by atoms with Crippen LogP contribution >= 0.6 is 23.2 Å². The van der Waals surface area contributed by atoms with Crippen molar-refractivity contribution in [2.75, 3.05) is 7.11 Å². The van der Waals surface area contributed by atoms with Gasteiger partial charge in [0.15, 0.2) is 11.5 Å². The summed E-state index contributed by atoms with van der Waals surface area (Å²) < 4.78 is 11.3. The summed E-state index contributed by atoms with van der Waals surface area (Å²) in [5.41, 5.74) is 2.11. The molecule has 0 aliphatic carbocycles. The van der Waals surface area contributed by atoms with Crippen molar-refractivity contribution in [3.8, 4) is 11.5 Å². The van der Waals surface area contributed by atoms with Crippen LogP contribution in [0.25, 0.3) is 0 Å². The molecular weight excluding hydrogens is 345 g/mol. The van der Waals surface area contributed by atoms with Crippen LogP contribution in [0, 0.1) is 0 Å². The van der Waals surface area contributed by atoms with Crippen molar-refractivity contribution in [1.82, 2.24) is 5.32 Å². The number of benzene rings is 2. The molecule has 0 saturated carbocycles. The van der Waals surface area contributed by atoms with E-state index in [1.54, 1.807) is 19.2 Å². The molecule has 0 aliphatic rings. The topological polar surface area (TPSA) is 30.5 Å². The highest BCUT2D eigenvalue weighted by Gasteiger charge is 2.08. The van der Waals surface area contributed by atoms with Gasteiger partial charge in [0.2, 0.25) is 0 Å². The molecule has 0 aromatic heterocycles. The number of hydrogen-bond acceptors (Lipinski definition) is 3. The SMILES string of the molecule is CC[C@H](C)NCc1ccc(OCc2ccc(Cl)c(Cl)c2)c(OC)c1. The number of rotatable bonds is 8. The summed E-state index contributed by atoms with van der Waals surface area (Å²) in [5.74, 6) is 1.43. The summed E-state index contributed by atoms with van der Waals surface area (Å²) in [7, 11) is 1.65. The Labute approximate surface area is 153 Å². The Balaban J connectivity index is 2.02. The van der Waals surface area contributed by atoms with Crippen LogP contribution in [-0.2, 0) is 13.2 Å². The molecule has 24 heavy (non-hydrogen) atoms. The largest absolute Gasteiger partial charge is 0.493 e. The van der Waals surface area contributed by atoms with E-state index in [9.17, 15) is 0 Å². The van der Waals surface area contributed by atoms with Crippen LogP contribution in [0.5, 0.6) is 11.5 Å². The molecule has 0 saturated heterocycles. The molecule has 3 nitrogen and oxygen atoms in total. The van der Waals surface area contributed by atoms with Crippen molar-refractivity contribution in [2.45, 2.75) is 39.5 Å². The van der Waals surface area contributed by atoms with Gasteiger partial charge in [0.1, 0.15) is 6.61 Å².